The summed E-state index contributed by atoms with van der Waals surface area (Å²) in [5.41, 5.74) is 2.20. The molecule has 1 saturated carbocycles. The number of aliphatic hydroxyl groups is 1. The second-order valence-corrected chi connectivity index (χ2v) is 10.1. The van der Waals surface area contributed by atoms with E-state index in [1.54, 1.807) is 11.0 Å². The fraction of sp³-hybridized carbons (Fsp3) is 0.481. The summed E-state index contributed by atoms with van der Waals surface area (Å²) in [6, 6.07) is 11.6. The maximum Gasteiger partial charge on any atom is 0.270 e. The normalized spacial score (nSPS) is 25.9. The van der Waals surface area contributed by atoms with Crippen LogP contribution in [0.5, 0.6) is 0 Å². The Morgan fingerprint density at radius 2 is 1.89 bits per heavy atom. The van der Waals surface area contributed by atoms with Crippen LogP contribution >= 0.6 is 0 Å². The number of benzene rings is 1. The number of Topliss-reactive ketones (excluding diaryl/α,β-unsaturated/α-hetero) is 1. The predicted octanol–water partition coefficient (Wildman–Crippen LogP) is 1.49. The number of carbonyl (C=O) groups is 4. The van der Waals surface area contributed by atoms with E-state index in [4.69, 9.17) is 0 Å². The summed E-state index contributed by atoms with van der Waals surface area (Å²) in [5.74, 6) is -1.43. The zero-order valence-corrected chi connectivity index (χ0v) is 20.1. The van der Waals surface area contributed by atoms with Crippen molar-refractivity contribution in [3.63, 3.8) is 0 Å². The molecule has 0 unspecified atom stereocenters. The van der Waals surface area contributed by atoms with Gasteiger partial charge in [-0.05, 0) is 55.2 Å². The molecule has 0 radical (unpaired) electrons. The third kappa shape index (κ3) is 4.67. The van der Waals surface area contributed by atoms with E-state index in [9.17, 15) is 24.3 Å². The number of ketones is 1. The van der Waals surface area contributed by atoms with Gasteiger partial charge in [0.25, 0.3) is 5.91 Å². The minimum absolute atomic E-state index is 0.0252. The minimum atomic E-state index is -0.969. The Bertz CT molecular complexity index is 1150. The van der Waals surface area contributed by atoms with E-state index in [2.05, 4.69) is 15.6 Å². The molecule has 2 saturated heterocycles. The van der Waals surface area contributed by atoms with Gasteiger partial charge in [0.15, 0.2) is 5.78 Å². The Morgan fingerprint density at radius 3 is 2.61 bits per heavy atom. The predicted molar refractivity (Wildman–Crippen MR) is 132 cm³/mol. The number of carbonyl (C=O) groups excluding carboxylic acids is 4. The Hall–Kier alpha value is -3.46. The monoisotopic (exact) mass is 492 g/mol. The average Bonchev–Trinajstić information content (AvgIpc) is 3.68. The number of nitrogens with one attached hydrogen (secondary N) is 3. The quantitative estimate of drug-likeness (QED) is 0.443. The molecule has 3 fully saturated rings. The van der Waals surface area contributed by atoms with Crippen LogP contribution in [0.1, 0.15) is 42.6 Å². The van der Waals surface area contributed by atoms with Crippen LogP contribution in [0.2, 0.25) is 0 Å². The van der Waals surface area contributed by atoms with Gasteiger partial charge in [-0.1, -0.05) is 36.8 Å². The van der Waals surface area contributed by atoms with Crippen molar-refractivity contribution in [2.24, 2.45) is 17.8 Å². The van der Waals surface area contributed by atoms with Gasteiger partial charge < -0.3 is 25.6 Å². The summed E-state index contributed by atoms with van der Waals surface area (Å²) < 4.78 is 0. The van der Waals surface area contributed by atoms with Gasteiger partial charge in [-0.25, -0.2) is 0 Å². The number of aromatic amines is 1. The van der Waals surface area contributed by atoms with Crippen LogP contribution in [0.3, 0.4) is 0 Å². The van der Waals surface area contributed by atoms with Crippen LogP contribution in [-0.4, -0.2) is 70.3 Å². The van der Waals surface area contributed by atoms with Gasteiger partial charge in [-0.15, -0.1) is 0 Å². The third-order valence-electron chi connectivity index (χ3n) is 7.97. The number of likely N-dealkylation sites (tertiary alicyclic amines) is 1. The molecule has 3 heterocycles. The zero-order chi connectivity index (χ0) is 25.2. The first-order chi connectivity index (χ1) is 17.5. The molecule has 4 N–H and O–H groups in total. The lowest BCUT2D eigenvalue weighted by atomic mass is 9.92. The summed E-state index contributed by atoms with van der Waals surface area (Å²) in [7, 11) is 0. The highest BCUT2D eigenvalue weighted by Gasteiger charge is 2.50. The van der Waals surface area contributed by atoms with Gasteiger partial charge in [-0.2, -0.15) is 0 Å². The number of hydrogen-bond donors (Lipinski definition) is 4. The number of fused-ring (bicyclic) bond motifs is 1. The summed E-state index contributed by atoms with van der Waals surface area (Å²) in [6.45, 7) is 0.307. The van der Waals surface area contributed by atoms with E-state index in [-0.39, 0.29) is 36.0 Å². The summed E-state index contributed by atoms with van der Waals surface area (Å²) >= 11 is 0. The first-order valence-electron chi connectivity index (χ1n) is 12.7. The van der Waals surface area contributed by atoms with E-state index in [0.29, 0.717) is 25.2 Å². The molecule has 1 aliphatic carbocycles. The van der Waals surface area contributed by atoms with E-state index in [0.717, 1.165) is 30.5 Å². The van der Waals surface area contributed by atoms with Crippen molar-refractivity contribution >= 4 is 23.5 Å². The highest BCUT2D eigenvalue weighted by molar-refractivity contribution is 5.99. The highest BCUT2D eigenvalue weighted by atomic mass is 16.3. The number of nitrogens with zero attached hydrogens (tertiary/aromatic N) is 1. The van der Waals surface area contributed by atoms with Crippen LogP contribution in [0.4, 0.5) is 0 Å². The lowest BCUT2D eigenvalue weighted by Crippen LogP contribution is -2.53. The summed E-state index contributed by atoms with van der Waals surface area (Å²) in [5, 5.41) is 15.0. The van der Waals surface area contributed by atoms with Crippen molar-refractivity contribution < 1.29 is 24.3 Å². The second-order valence-electron chi connectivity index (χ2n) is 10.1. The van der Waals surface area contributed by atoms with E-state index >= 15 is 0 Å². The van der Waals surface area contributed by atoms with Crippen LogP contribution in [0, 0.1) is 17.8 Å². The van der Waals surface area contributed by atoms with E-state index in [1.807, 2.05) is 36.4 Å². The fourth-order valence-corrected chi connectivity index (χ4v) is 6.10. The molecule has 1 aromatic heterocycles. The molecule has 5 atom stereocenters. The molecule has 2 aromatic rings. The van der Waals surface area contributed by atoms with Gasteiger partial charge in [-0.3, -0.25) is 19.2 Å². The summed E-state index contributed by atoms with van der Waals surface area (Å²) in [6.07, 6.45) is 3.53. The lowest BCUT2D eigenvalue weighted by Gasteiger charge is -2.29. The lowest BCUT2D eigenvalue weighted by molar-refractivity contribution is -0.133. The molecule has 2 aliphatic heterocycles. The molecule has 0 bridgehead atoms. The molecule has 3 aliphatic rings. The molecule has 5 rings (SSSR count). The zero-order valence-electron chi connectivity index (χ0n) is 20.1. The SMILES string of the molecule is O=C1NCC[C@H]1C[C@H](NC(=O)[C@@H]1[C@H]2CCC[C@H]2CN1C(=O)c1ccc(-c2ccccc2)[nH]1)C(=O)CO. The highest BCUT2D eigenvalue weighted by Crippen LogP contribution is 2.43. The topological polar surface area (TPSA) is 132 Å². The van der Waals surface area contributed by atoms with Crippen LogP contribution in [0.15, 0.2) is 42.5 Å². The minimum Gasteiger partial charge on any atom is -0.389 e. The molecule has 0 spiro atoms. The largest absolute Gasteiger partial charge is 0.389 e. The Balaban J connectivity index is 1.35. The number of aliphatic hydroxyl groups excluding tert-OH is 1. The number of amides is 3. The van der Waals surface area contributed by atoms with Gasteiger partial charge in [0, 0.05) is 24.7 Å². The van der Waals surface area contributed by atoms with Crippen LogP contribution in [-0.2, 0) is 14.4 Å². The van der Waals surface area contributed by atoms with Crippen LogP contribution < -0.4 is 10.6 Å². The molecular weight excluding hydrogens is 460 g/mol. The number of rotatable bonds is 8. The van der Waals surface area contributed by atoms with Crippen molar-refractivity contribution in [1.82, 2.24) is 20.5 Å². The van der Waals surface area contributed by atoms with Crippen LogP contribution in [0.25, 0.3) is 11.3 Å². The van der Waals surface area contributed by atoms with Gasteiger partial charge in [0.2, 0.25) is 11.8 Å². The fourth-order valence-electron chi connectivity index (χ4n) is 6.10. The third-order valence-corrected chi connectivity index (χ3v) is 7.97. The van der Waals surface area contributed by atoms with Gasteiger partial charge in [0.05, 0.1) is 6.04 Å². The maximum absolute atomic E-state index is 13.6. The van der Waals surface area contributed by atoms with Gasteiger partial charge >= 0.3 is 0 Å². The first-order valence-corrected chi connectivity index (χ1v) is 12.7. The average molecular weight is 493 g/mol. The van der Waals surface area contributed by atoms with E-state index in [1.165, 1.54) is 0 Å². The molecule has 1 aromatic carbocycles. The van der Waals surface area contributed by atoms with Crippen molar-refractivity contribution in [1.29, 1.82) is 0 Å². The number of H-pyrrole nitrogens is 1. The van der Waals surface area contributed by atoms with Crippen molar-refractivity contribution in [2.45, 2.75) is 44.2 Å². The van der Waals surface area contributed by atoms with Crippen molar-refractivity contribution in [3.05, 3.63) is 48.2 Å². The number of aromatic nitrogens is 1. The molecule has 3 amide bonds. The van der Waals surface area contributed by atoms with Crippen molar-refractivity contribution in [3.8, 4) is 11.3 Å². The smallest absolute Gasteiger partial charge is 0.270 e. The van der Waals surface area contributed by atoms with E-state index < -0.39 is 30.4 Å². The Labute approximate surface area is 209 Å². The molecule has 36 heavy (non-hydrogen) atoms. The standard InChI is InChI=1S/C27H32N4O5/c32-15-23(33)22(13-17-11-12-28-25(17)34)30-26(35)24-19-8-4-7-18(19)14-31(24)27(36)21-10-9-20(29-21)16-5-2-1-3-6-16/h1-3,5-6,9-10,17-19,22,24,29,32H,4,7-8,11-15H2,(H,28,34)(H,30,35)/t17-,18-,19-,22-,24-/m0/s1. The Morgan fingerprint density at radius 1 is 1.08 bits per heavy atom. The molecule has 190 valence electrons. The first kappa shape index (κ1) is 24.2. The summed E-state index contributed by atoms with van der Waals surface area (Å²) in [4.78, 5) is 56.6. The maximum atomic E-state index is 13.6. The second kappa shape index (κ2) is 10.3. The van der Waals surface area contributed by atoms with Gasteiger partial charge in [0.1, 0.15) is 18.3 Å². The Kier molecular flexibility index (Phi) is 6.91. The molecule has 9 heteroatoms. The molecule has 9 nitrogen and oxygen atoms in total. The number of hydrogen-bond acceptors (Lipinski definition) is 5. The molecular formula is C27H32N4O5. The van der Waals surface area contributed by atoms with Crippen molar-refractivity contribution in [2.75, 3.05) is 19.7 Å².